The number of hydrogen-bond acceptors (Lipinski definition) is 5. The maximum atomic E-state index is 12.2. The molecule has 1 saturated carbocycles. The van der Waals surface area contributed by atoms with E-state index in [0.717, 1.165) is 70.4 Å². The van der Waals surface area contributed by atoms with Crippen molar-refractivity contribution < 1.29 is 24.5 Å². The number of carbonyl (C=O) groups excluding carboxylic acids is 1. The van der Waals surface area contributed by atoms with Crippen LogP contribution in [-0.2, 0) is 14.3 Å². The summed E-state index contributed by atoms with van der Waals surface area (Å²) >= 11 is 0. The molecule has 2 N–H and O–H groups in total. The topological polar surface area (TPSA) is 87.1 Å². The predicted octanol–water partition coefficient (Wildman–Crippen LogP) is 5.17. The van der Waals surface area contributed by atoms with Gasteiger partial charge in [-0.3, -0.25) is 9.59 Å². The smallest absolute Gasteiger partial charge is 0.306 e. The van der Waals surface area contributed by atoms with E-state index >= 15 is 0 Å². The van der Waals surface area contributed by atoms with Crippen LogP contribution >= 0.6 is 0 Å². The van der Waals surface area contributed by atoms with E-state index in [2.05, 4.69) is 11.8 Å². The van der Waals surface area contributed by atoms with Crippen molar-refractivity contribution in [2.24, 2.45) is 5.92 Å². The molecule has 0 aliphatic heterocycles. The molecular weight excluding hydrogens is 394 g/mol. The van der Waals surface area contributed by atoms with Crippen LogP contribution < -0.4 is 0 Å². The molecule has 0 radical (unpaired) electrons. The van der Waals surface area contributed by atoms with E-state index in [1.807, 2.05) is 0 Å². The minimum absolute atomic E-state index is 0.0724. The number of carboxylic acids is 1. The Morgan fingerprint density at radius 3 is 2.19 bits per heavy atom. The van der Waals surface area contributed by atoms with E-state index in [1.165, 1.54) is 38.5 Å². The van der Waals surface area contributed by atoms with Crippen molar-refractivity contribution in [1.29, 1.82) is 0 Å². The first-order valence-corrected chi connectivity index (χ1v) is 12.8. The summed E-state index contributed by atoms with van der Waals surface area (Å²) in [6.07, 6.45) is 16.2. The Hall–Kier alpha value is -1.14. The lowest BCUT2D eigenvalue weighted by Gasteiger charge is -2.28. The van der Waals surface area contributed by atoms with Crippen molar-refractivity contribution >= 4 is 11.9 Å². The number of nitrogens with zero attached hydrogens (tertiary/aromatic N) is 1. The minimum Gasteiger partial charge on any atom is -0.481 e. The average Bonchev–Trinajstić information content (AvgIpc) is 2.74. The van der Waals surface area contributed by atoms with Crippen LogP contribution in [0.3, 0.4) is 0 Å². The lowest BCUT2D eigenvalue weighted by Crippen LogP contribution is -2.30. The fourth-order valence-corrected chi connectivity index (χ4v) is 4.53. The van der Waals surface area contributed by atoms with Gasteiger partial charge in [0.1, 0.15) is 6.10 Å². The monoisotopic (exact) mass is 441 g/mol. The van der Waals surface area contributed by atoms with Crippen LogP contribution in [0.1, 0.15) is 110 Å². The lowest BCUT2D eigenvalue weighted by atomic mass is 9.84. The van der Waals surface area contributed by atoms with E-state index in [9.17, 15) is 14.7 Å². The molecule has 31 heavy (non-hydrogen) atoms. The van der Waals surface area contributed by atoms with Crippen molar-refractivity contribution in [2.75, 3.05) is 26.2 Å². The highest BCUT2D eigenvalue weighted by Gasteiger charge is 2.23. The summed E-state index contributed by atoms with van der Waals surface area (Å²) in [6, 6.07) is 0. The summed E-state index contributed by atoms with van der Waals surface area (Å²) in [4.78, 5) is 24.9. The fraction of sp³-hybridized carbons (Fsp3) is 0.920. The molecule has 0 atom stereocenters. The van der Waals surface area contributed by atoms with Gasteiger partial charge < -0.3 is 19.8 Å². The Bertz CT molecular complexity index is 463. The number of ether oxygens (including phenoxy) is 1. The Morgan fingerprint density at radius 1 is 0.839 bits per heavy atom. The molecule has 0 amide bonds. The molecule has 1 aliphatic rings. The van der Waals surface area contributed by atoms with Gasteiger partial charge in [0.25, 0.3) is 0 Å². The fourth-order valence-electron chi connectivity index (χ4n) is 4.53. The Labute approximate surface area is 189 Å². The summed E-state index contributed by atoms with van der Waals surface area (Å²) in [5.74, 6) is 0.0326. The SMILES string of the molecule is CCCCCC1CCC(OC(=O)CCCN(CCO)CCCCCCCC(=O)O)CC1. The minimum atomic E-state index is -0.720. The molecule has 1 rings (SSSR count). The maximum Gasteiger partial charge on any atom is 0.306 e. The number of unbranched alkanes of at least 4 members (excludes halogenated alkanes) is 6. The summed E-state index contributed by atoms with van der Waals surface area (Å²) in [5, 5.41) is 17.9. The first-order chi connectivity index (χ1) is 15.0. The molecule has 0 unspecified atom stereocenters. The Balaban J connectivity index is 2.09. The summed E-state index contributed by atoms with van der Waals surface area (Å²) in [5.41, 5.74) is 0. The van der Waals surface area contributed by atoms with E-state index in [1.54, 1.807) is 0 Å². The van der Waals surface area contributed by atoms with Gasteiger partial charge in [-0.1, -0.05) is 51.9 Å². The van der Waals surface area contributed by atoms with Crippen LogP contribution in [0.25, 0.3) is 0 Å². The van der Waals surface area contributed by atoms with Gasteiger partial charge in [0.2, 0.25) is 0 Å². The third-order valence-corrected chi connectivity index (χ3v) is 6.44. The second-order valence-corrected chi connectivity index (χ2v) is 9.21. The lowest BCUT2D eigenvalue weighted by molar-refractivity contribution is -0.151. The zero-order chi connectivity index (χ0) is 22.7. The van der Waals surface area contributed by atoms with Crippen LogP contribution in [0.5, 0.6) is 0 Å². The number of esters is 1. The van der Waals surface area contributed by atoms with Gasteiger partial charge in [0.15, 0.2) is 0 Å². The predicted molar refractivity (Wildman–Crippen MR) is 124 cm³/mol. The normalized spacial score (nSPS) is 18.9. The van der Waals surface area contributed by atoms with Crippen molar-refractivity contribution in [1.82, 2.24) is 4.90 Å². The second kappa shape index (κ2) is 18.4. The zero-order valence-corrected chi connectivity index (χ0v) is 19.9. The van der Waals surface area contributed by atoms with Crippen LogP contribution in [0, 0.1) is 5.92 Å². The first-order valence-electron chi connectivity index (χ1n) is 12.8. The number of rotatable bonds is 19. The quantitative estimate of drug-likeness (QED) is 0.212. The highest BCUT2D eigenvalue weighted by molar-refractivity contribution is 5.69. The average molecular weight is 442 g/mol. The van der Waals surface area contributed by atoms with Crippen LogP contribution in [0.4, 0.5) is 0 Å². The number of carbonyl (C=O) groups is 2. The molecule has 6 heteroatoms. The molecule has 0 aromatic heterocycles. The zero-order valence-electron chi connectivity index (χ0n) is 19.9. The molecule has 0 heterocycles. The molecule has 0 aromatic rings. The summed E-state index contributed by atoms with van der Waals surface area (Å²) < 4.78 is 5.71. The van der Waals surface area contributed by atoms with E-state index in [4.69, 9.17) is 9.84 Å². The number of aliphatic hydroxyl groups excluding tert-OH is 1. The van der Waals surface area contributed by atoms with Gasteiger partial charge in [-0.2, -0.15) is 0 Å². The maximum absolute atomic E-state index is 12.2. The van der Waals surface area contributed by atoms with Crippen molar-refractivity contribution in [3.8, 4) is 0 Å². The van der Waals surface area contributed by atoms with Gasteiger partial charge in [-0.05, 0) is 64.0 Å². The van der Waals surface area contributed by atoms with Gasteiger partial charge in [0.05, 0.1) is 6.61 Å². The number of hydrogen-bond donors (Lipinski definition) is 2. The Morgan fingerprint density at radius 2 is 1.52 bits per heavy atom. The third kappa shape index (κ3) is 15.3. The van der Waals surface area contributed by atoms with Crippen LogP contribution in [-0.4, -0.2) is 59.4 Å². The molecule has 1 aliphatic carbocycles. The number of carboxylic acid groups (broad SMARTS) is 1. The number of aliphatic hydroxyl groups is 1. The van der Waals surface area contributed by atoms with Crippen molar-refractivity contribution in [3.63, 3.8) is 0 Å². The number of aliphatic carboxylic acids is 1. The van der Waals surface area contributed by atoms with Crippen molar-refractivity contribution in [3.05, 3.63) is 0 Å². The van der Waals surface area contributed by atoms with Crippen LogP contribution in [0.15, 0.2) is 0 Å². The first kappa shape index (κ1) is 27.9. The highest BCUT2D eigenvalue weighted by Crippen LogP contribution is 2.30. The molecule has 0 aromatic carbocycles. The van der Waals surface area contributed by atoms with Gasteiger partial charge in [-0.15, -0.1) is 0 Å². The molecule has 1 fully saturated rings. The molecule has 0 saturated heterocycles. The summed E-state index contributed by atoms with van der Waals surface area (Å²) in [6.45, 7) is 4.73. The molecule has 0 bridgehead atoms. The molecule has 0 spiro atoms. The highest BCUT2D eigenvalue weighted by atomic mass is 16.5. The molecular formula is C25H47NO5. The largest absolute Gasteiger partial charge is 0.481 e. The second-order valence-electron chi connectivity index (χ2n) is 9.21. The standard InChI is InChI=1S/C25H47NO5/c1-2-3-7-11-22-14-16-23(17-15-22)31-25(30)13-10-19-26(20-21-27)18-9-6-4-5-8-12-24(28)29/h22-23,27H,2-21H2,1H3,(H,28,29). The Kier molecular flexibility index (Phi) is 16.6. The van der Waals surface area contributed by atoms with Crippen molar-refractivity contribution in [2.45, 2.75) is 116 Å². The summed E-state index contributed by atoms with van der Waals surface area (Å²) in [7, 11) is 0. The van der Waals surface area contributed by atoms with E-state index in [-0.39, 0.29) is 25.1 Å². The molecule has 182 valence electrons. The van der Waals surface area contributed by atoms with Gasteiger partial charge >= 0.3 is 11.9 Å². The van der Waals surface area contributed by atoms with Crippen LogP contribution in [0.2, 0.25) is 0 Å². The third-order valence-electron chi connectivity index (χ3n) is 6.44. The molecule has 6 nitrogen and oxygen atoms in total. The van der Waals surface area contributed by atoms with Gasteiger partial charge in [-0.25, -0.2) is 0 Å². The van der Waals surface area contributed by atoms with E-state index < -0.39 is 5.97 Å². The van der Waals surface area contributed by atoms with E-state index in [0.29, 0.717) is 13.0 Å². The van der Waals surface area contributed by atoms with Gasteiger partial charge in [0, 0.05) is 19.4 Å².